The molecular formula is C60H66BN3. The zero-order chi connectivity index (χ0) is 44.3. The zero-order valence-electron chi connectivity index (χ0n) is 40.1. The van der Waals surface area contributed by atoms with Gasteiger partial charge in [0.15, 0.2) is 0 Å². The molecule has 2 fully saturated rings. The van der Waals surface area contributed by atoms with E-state index in [1.165, 1.54) is 135 Å². The molecular weight excluding hydrogens is 773 g/mol. The third-order valence-corrected chi connectivity index (χ3v) is 18.3. The number of fused-ring (bicyclic) bond motifs is 10. The van der Waals surface area contributed by atoms with Crippen LogP contribution in [0.15, 0.2) is 121 Å². The Morgan fingerprint density at radius 2 is 1.05 bits per heavy atom. The predicted molar refractivity (Wildman–Crippen MR) is 274 cm³/mol. The van der Waals surface area contributed by atoms with Gasteiger partial charge < -0.3 is 14.7 Å². The molecule has 6 aliphatic rings. The first kappa shape index (κ1) is 40.3. The Morgan fingerprint density at radius 3 is 1.75 bits per heavy atom. The average Bonchev–Trinajstić information content (AvgIpc) is 3.62. The van der Waals surface area contributed by atoms with Crippen LogP contribution in [0.5, 0.6) is 0 Å². The van der Waals surface area contributed by atoms with E-state index in [2.05, 4.69) is 205 Å². The summed E-state index contributed by atoms with van der Waals surface area (Å²) < 4.78 is 0. The maximum atomic E-state index is 2.93. The van der Waals surface area contributed by atoms with Crippen molar-refractivity contribution >= 4 is 62.9 Å². The number of rotatable bonds is 3. The largest absolute Gasteiger partial charge is 0.335 e. The molecule has 64 heavy (non-hydrogen) atoms. The highest BCUT2D eigenvalue weighted by Gasteiger charge is 2.62. The summed E-state index contributed by atoms with van der Waals surface area (Å²) in [6.07, 6.45) is 9.87. The van der Waals surface area contributed by atoms with Gasteiger partial charge in [0, 0.05) is 50.5 Å². The Morgan fingerprint density at radius 1 is 0.469 bits per heavy atom. The first-order valence-electron chi connectivity index (χ1n) is 24.7. The molecule has 0 spiro atoms. The molecule has 6 aromatic carbocycles. The van der Waals surface area contributed by atoms with Gasteiger partial charge in [-0.15, -0.1) is 0 Å². The van der Waals surface area contributed by atoms with E-state index < -0.39 is 0 Å². The summed E-state index contributed by atoms with van der Waals surface area (Å²) in [5, 5.41) is 0. The van der Waals surface area contributed by atoms with Crippen LogP contribution in [0.2, 0.25) is 0 Å². The van der Waals surface area contributed by atoms with Gasteiger partial charge in [-0.1, -0.05) is 166 Å². The van der Waals surface area contributed by atoms with Crippen molar-refractivity contribution in [1.29, 1.82) is 0 Å². The first-order chi connectivity index (χ1) is 30.5. The second kappa shape index (κ2) is 13.2. The van der Waals surface area contributed by atoms with E-state index in [4.69, 9.17) is 0 Å². The molecule has 0 amide bonds. The lowest BCUT2D eigenvalue weighted by atomic mass is 9.33. The summed E-state index contributed by atoms with van der Waals surface area (Å²) in [6, 6.07) is 48.3. The molecule has 0 bridgehead atoms. The Hall–Kier alpha value is -5.22. The fourth-order valence-electron chi connectivity index (χ4n) is 14.3. The van der Waals surface area contributed by atoms with Crippen LogP contribution in [0.1, 0.15) is 143 Å². The second-order valence-electron chi connectivity index (χ2n) is 23.6. The first-order valence-corrected chi connectivity index (χ1v) is 24.7. The van der Waals surface area contributed by atoms with Crippen LogP contribution >= 0.6 is 0 Å². The van der Waals surface area contributed by atoms with E-state index in [0.717, 1.165) is 0 Å². The second-order valence-corrected chi connectivity index (χ2v) is 23.6. The van der Waals surface area contributed by atoms with Crippen molar-refractivity contribution in [3.05, 3.63) is 144 Å². The highest BCUT2D eigenvalue weighted by molar-refractivity contribution is 7.00. The number of hydrogen-bond donors (Lipinski definition) is 0. The molecule has 4 atom stereocenters. The fraction of sp³-hybridized carbons (Fsp3) is 0.400. The lowest BCUT2D eigenvalue weighted by molar-refractivity contribution is 0.194. The van der Waals surface area contributed by atoms with Gasteiger partial charge in [0.05, 0.1) is 16.8 Å². The van der Waals surface area contributed by atoms with Crippen molar-refractivity contribution in [2.45, 2.75) is 153 Å². The van der Waals surface area contributed by atoms with E-state index in [0.29, 0.717) is 0 Å². The van der Waals surface area contributed by atoms with Crippen molar-refractivity contribution in [3.8, 4) is 11.1 Å². The van der Waals surface area contributed by atoms with E-state index >= 15 is 0 Å². The van der Waals surface area contributed by atoms with Crippen molar-refractivity contribution in [1.82, 2.24) is 0 Å². The number of nitrogens with zero attached hydrogens (tertiary/aromatic N) is 3. The molecule has 0 N–H and O–H groups in total. The van der Waals surface area contributed by atoms with Crippen LogP contribution in [-0.2, 0) is 21.7 Å². The average molecular weight is 840 g/mol. The molecule has 12 rings (SSSR count). The molecule has 6 aromatic rings. The van der Waals surface area contributed by atoms with Crippen molar-refractivity contribution in [3.63, 3.8) is 0 Å². The van der Waals surface area contributed by atoms with Crippen LogP contribution < -0.4 is 31.1 Å². The Kier molecular flexibility index (Phi) is 8.32. The van der Waals surface area contributed by atoms with Gasteiger partial charge in [-0.3, -0.25) is 0 Å². The number of anilines is 7. The minimum atomic E-state index is -0.0656. The van der Waals surface area contributed by atoms with Crippen LogP contribution in [0.25, 0.3) is 11.1 Å². The molecule has 0 saturated heterocycles. The Bertz CT molecular complexity index is 2920. The molecule has 4 heterocycles. The maximum absolute atomic E-state index is 2.93. The third kappa shape index (κ3) is 5.12. The van der Waals surface area contributed by atoms with E-state index in [9.17, 15) is 0 Å². The van der Waals surface area contributed by atoms with Gasteiger partial charge in [-0.2, -0.15) is 0 Å². The minimum Gasteiger partial charge on any atom is -0.335 e. The lowest BCUT2D eigenvalue weighted by Crippen LogP contribution is -2.64. The van der Waals surface area contributed by atoms with Gasteiger partial charge in [0.25, 0.3) is 6.71 Å². The van der Waals surface area contributed by atoms with Gasteiger partial charge in [0.2, 0.25) is 0 Å². The monoisotopic (exact) mass is 840 g/mol. The highest BCUT2D eigenvalue weighted by Crippen LogP contribution is 2.65. The summed E-state index contributed by atoms with van der Waals surface area (Å²) in [7, 11) is 0. The van der Waals surface area contributed by atoms with Crippen molar-refractivity contribution < 1.29 is 0 Å². The Balaban J connectivity index is 1.23. The lowest BCUT2D eigenvalue weighted by Gasteiger charge is -2.54. The topological polar surface area (TPSA) is 9.72 Å². The molecule has 2 aliphatic carbocycles. The van der Waals surface area contributed by atoms with Gasteiger partial charge in [-0.05, 0) is 131 Å². The molecule has 3 nitrogen and oxygen atoms in total. The summed E-state index contributed by atoms with van der Waals surface area (Å²) >= 11 is 0. The number of hydrogen-bond acceptors (Lipinski definition) is 3. The molecule has 4 aliphatic heterocycles. The summed E-state index contributed by atoms with van der Waals surface area (Å²) in [4.78, 5) is 8.48. The standard InChI is InChI=1S/C60H66BN3/c1-55(2,3)40-27-29-48(43(35-40)39-21-12-11-13-22-39)62-50-30-28-41(56(4,5)6)36-47(50)61-46-25-20-24-45-54(46)64(60(10)34-19-17-32-58(45,60)8)52-38-42(37-51(62)53(52)61)63-49-26-15-14-23-44(49)57(7)31-16-18-33-59(57,63)9/h11-15,20-30,35-38H,16-19,31-34H2,1-10H3. The predicted octanol–water partition coefficient (Wildman–Crippen LogP) is 14.0. The van der Waals surface area contributed by atoms with E-state index in [1.807, 2.05) is 0 Å². The smallest absolute Gasteiger partial charge is 0.252 e. The Labute approximate surface area is 384 Å². The molecule has 324 valence electrons. The van der Waals surface area contributed by atoms with Crippen molar-refractivity contribution in [2.75, 3.05) is 14.7 Å². The fourth-order valence-corrected chi connectivity index (χ4v) is 14.3. The number of para-hydroxylation sites is 2. The molecule has 0 aromatic heterocycles. The maximum Gasteiger partial charge on any atom is 0.252 e. The normalized spacial score (nSPS) is 26.2. The van der Waals surface area contributed by atoms with Crippen molar-refractivity contribution in [2.24, 2.45) is 0 Å². The number of benzene rings is 6. The summed E-state index contributed by atoms with van der Waals surface area (Å²) in [5.41, 5.74) is 22.2. The van der Waals surface area contributed by atoms with Crippen LogP contribution in [0.4, 0.5) is 39.8 Å². The minimum absolute atomic E-state index is 0.00184. The quantitative estimate of drug-likeness (QED) is 0.164. The summed E-state index contributed by atoms with van der Waals surface area (Å²) in [5.74, 6) is 0. The highest BCUT2D eigenvalue weighted by atomic mass is 15.3. The SMILES string of the molecule is CC(C)(C)c1ccc2c(c1)B1c3cccc4c3N(c3cc(N5c6ccccc6C6(C)CCCCC56C)cc(c31)N2c1ccc(C(C)(C)C)cc1-c1ccccc1)C1(C)CCCCC41C. The van der Waals surface area contributed by atoms with Crippen LogP contribution in [0, 0.1) is 0 Å². The molecule has 4 unspecified atom stereocenters. The van der Waals surface area contributed by atoms with Crippen LogP contribution in [-0.4, -0.2) is 17.8 Å². The molecule has 0 radical (unpaired) electrons. The van der Waals surface area contributed by atoms with Gasteiger partial charge >= 0.3 is 0 Å². The zero-order valence-corrected chi connectivity index (χ0v) is 40.1. The molecule has 4 heteroatoms. The third-order valence-electron chi connectivity index (χ3n) is 18.3. The van der Waals surface area contributed by atoms with E-state index in [-0.39, 0.29) is 39.5 Å². The molecule has 2 saturated carbocycles. The van der Waals surface area contributed by atoms with Crippen LogP contribution in [0.3, 0.4) is 0 Å². The van der Waals surface area contributed by atoms with Gasteiger partial charge in [0.1, 0.15) is 0 Å². The van der Waals surface area contributed by atoms with E-state index in [1.54, 1.807) is 5.56 Å². The van der Waals surface area contributed by atoms with Gasteiger partial charge in [-0.25, -0.2) is 0 Å². The summed E-state index contributed by atoms with van der Waals surface area (Å²) in [6.45, 7) is 24.7.